The van der Waals surface area contributed by atoms with Gasteiger partial charge in [-0.05, 0) is 30.3 Å². The summed E-state index contributed by atoms with van der Waals surface area (Å²) in [5.41, 5.74) is 0.645. The van der Waals surface area contributed by atoms with Crippen LogP contribution >= 0.6 is 23.4 Å². The Kier molecular flexibility index (Phi) is 5.46. The first-order chi connectivity index (χ1) is 15.9. The van der Waals surface area contributed by atoms with Gasteiger partial charge in [-0.1, -0.05) is 23.7 Å². The molecule has 0 saturated carbocycles. The Labute approximate surface area is 196 Å². The van der Waals surface area contributed by atoms with Gasteiger partial charge in [0.15, 0.2) is 0 Å². The van der Waals surface area contributed by atoms with Gasteiger partial charge in [-0.2, -0.15) is 0 Å². The van der Waals surface area contributed by atoms with E-state index in [1.54, 1.807) is 31.4 Å². The lowest BCUT2D eigenvalue weighted by atomic mass is 10.0. The summed E-state index contributed by atoms with van der Waals surface area (Å²) < 4.78 is 31.8. The van der Waals surface area contributed by atoms with Crippen molar-refractivity contribution in [3.63, 3.8) is 0 Å². The third-order valence-corrected chi connectivity index (χ3v) is 7.25. The van der Waals surface area contributed by atoms with Crippen molar-refractivity contribution < 1.29 is 23.1 Å². The molecular formula is C23H16ClF2N3O3S. The van der Waals surface area contributed by atoms with E-state index in [1.807, 2.05) is 0 Å². The number of nitrogens with zero attached hydrogens (tertiary/aromatic N) is 2. The first-order valence-corrected chi connectivity index (χ1v) is 11.2. The average molecular weight is 488 g/mol. The van der Waals surface area contributed by atoms with Crippen LogP contribution in [0.15, 0.2) is 54.9 Å². The summed E-state index contributed by atoms with van der Waals surface area (Å²) in [5, 5.41) is 3.56. The largest absolute Gasteiger partial charge is 0.497 e. The molecule has 2 aromatic carbocycles. The number of amides is 3. The monoisotopic (exact) mass is 487 g/mol. The number of halogens is 3. The first-order valence-electron chi connectivity index (χ1n) is 9.90. The molecule has 1 aromatic heterocycles. The molecule has 3 heterocycles. The van der Waals surface area contributed by atoms with Crippen LogP contribution < -0.4 is 15.0 Å². The number of benzene rings is 2. The van der Waals surface area contributed by atoms with Gasteiger partial charge < -0.3 is 10.1 Å². The van der Waals surface area contributed by atoms with Crippen molar-refractivity contribution in [1.29, 1.82) is 0 Å². The molecule has 1 N–H and O–H groups in total. The van der Waals surface area contributed by atoms with E-state index >= 15 is 0 Å². The van der Waals surface area contributed by atoms with Gasteiger partial charge in [0, 0.05) is 38.0 Å². The van der Waals surface area contributed by atoms with Crippen molar-refractivity contribution in [2.24, 2.45) is 0 Å². The van der Waals surface area contributed by atoms with Crippen molar-refractivity contribution in [3.05, 3.63) is 71.0 Å². The topological polar surface area (TPSA) is 71.5 Å². The number of imide groups is 1. The zero-order chi connectivity index (χ0) is 23.3. The summed E-state index contributed by atoms with van der Waals surface area (Å²) in [7, 11) is 1.54. The number of methoxy groups -OCH3 is 1. The number of carbonyl (C=O) groups is 2. The Morgan fingerprint density at radius 1 is 1.18 bits per heavy atom. The number of thioether (sulfide) groups is 1. The van der Waals surface area contributed by atoms with Crippen molar-refractivity contribution in [1.82, 2.24) is 10.3 Å². The second-order valence-corrected chi connectivity index (χ2v) is 9.09. The molecule has 0 aliphatic carbocycles. The Morgan fingerprint density at radius 2 is 2.00 bits per heavy atom. The number of nitrogens with one attached hydrogen (secondary N) is 1. The van der Waals surface area contributed by atoms with E-state index in [4.69, 9.17) is 16.3 Å². The first kappa shape index (κ1) is 21.7. The number of hydrogen-bond donors (Lipinski definition) is 1. The second kappa shape index (κ2) is 8.31. The third kappa shape index (κ3) is 3.71. The highest BCUT2D eigenvalue weighted by atomic mass is 35.5. The molecule has 168 valence electrons. The smallest absolute Gasteiger partial charge is 0.329 e. The molecule has 33 heavy (non-hydrogen) atoms. The lowest BCUT2D eigenvalue weighted by molar-refractivity contribution is -0.118. The highest BCUT2D eigenvalue weighted by Gasteiger charge is 2.46. The van der Waals surface area contributed by atoms with Crippen LogP contribution in [0.4, 0.5) is 19.3 Å². The van der Waals surface area contributed by atoms with Gasteiger partial charge in [-0.3, -0.25) is 9.78 Å². The summed E-state index contributed by atoms with van der Waals surface area (Å²) in [6, 6.07) is 8.10. The minimum absolute atomic E-state index is 0.157. The number of alkyl halides is 2. The molecular weight excluding hydrogens is 472 g/mol. The summed E-state index contributed by atoms with van der Waals surface area (Å²) >= 11 is 7.64. The summed E-state index contributed by atoms with van der Waals surface area (Å²) in [4.78, 5) is 32.2. The van der Waals surface area contributed by atoms with Crippen molar-refractivity contribution >= 4 is 56.7 Å². The predicted octanol–water partition coefficient (Wildman–Crippen LogP) is 5.42. The third-order valence-electron chi connectivity index (χ3n) is 5.56. The van der Waals surface area contributed by atoms with Crippen molar-refractivity contribution in [2.45, 2.75) is 17.7 Å². The molecule has 2 unspecified atom stereocenters. The number of carbonyl (C=O) groups excluding carboxylic acids is 2. The van der Waals surface area contributed by atoms with E-state index in [0.29, 0.717) is 27.1 Å². The molecule has 10 heteroatoms. The Morgan fingerprint density at radius 3 is 2.76 bits per heavy atom. The van der Waals surface area contributed by atoms with Crippen LogP contribution in [-0.2, 0) is 4.79 Å². The molecule has 6 nitrogen and oxygen atoms in total. The van der Waals surface area contributed by atoms with Gasteiger partial charge >= 0.3 is 6.03 Å². The number of anilines is 1. The molecule has 3 aromatic rings. The van der Waals surface area contributed by atoms with Gasteiger partial charge in [-0.15, -0.1) is 11.8 Å². The predicted molar refractivity (Wildman–Crippen MR) is 124 cm³/mol. The van der Waals surface area contributed by atoms with E-state index in [-0.39, 0.29) is 11.3 Å². The molecule has 2 aliphatic rings. The molecule has 0 spiro atoms. The number of ether oxygens (including phenoxy) is 1. The van der Waals surface area contributed by atoms with Crippen LogP contribution in [0.3, 0.4) is 0 Å². The van der Waals surface area contributed by atoms with Crippen LogP contribution in [0.1, 0.15) is 17.6 Å². The quantitative estimate of drug-likeness (QED) is 0.532. The second-order valence-electron chi connectivity index (χ2n) is 7.50. The highest BCUT2D eigenvalue weighted by Crippen LogP contribution is 2.45. The minimum atomic E-state index is -2.68. The maximum atomic E-state index is 13.4. The van der Waals surface area contributed by atoms with Gasteiger partial charge in [0.2, 0.25) is 0 Å². The normalized spacial score (nSPS) is 20.2. The average Bonchev–Trinajstić information content (AvgIpc) is 3.23. The minimum Gasteiger partial charge on any atom is -0.497 e. The molecule has 2 atom stereocenters. The van der Waals surface area contributed by atoms with E-state index < -0.39 is 29.7 Å². The maximum Gasteiger partial charge on any atom is 0.329 e. The van der Waals surface area contributed by atoms with Crippen molar-refractivity contribution in [2.75, 3.05) is 12.0 Å². The zero-order valence-electron chi connectivity index (χ0n) is 17.1. The van der Waals surface area contributed by atoms with Gasteiger partial charge in [-0.25, -0.2) is 18.5 Å². The van der Waals surface area contributed by atoms with E-state index in [1.165, 1.54) is 42.4 Å². The number of urea groups is 1. The number of aromatic nitrogens is 1. The summed E-state index contributed by atoms with van der Waals surface area (Å²) in [5.74, 6) is 0.148. The molecule has 1 saturated heterocycles. The zero-order valence-corrected chi connectivity index (χ0v) is 18.7. The lowest BCUT2D eigenvalue weighted by Gasteiger charge is -2.33. The van der Waals surface area contributed by atoms with E-state index in [9.17, 15) is 18.4 Å². The molecule has 0 radical (unpaired) electrons. The summed E-state index contributed by atoms with van der Waals surface area (Å²) in [6.07, 6.45) is 1.94. The fraction of sp³-hybridized carbons (Fsp3) is 0.174. The van der Waals surface area contributed by atoms with Crippen LogP contribution in [0.5, 0.6) is 5.75 Å². The molecule has 2 aliphatic heterocycles. The molecule has 3 amide bonds. The molecule has 0 bridgehead atoms. The van der Waals surface area contributed by atoms with E-state index in [0.717, 1.165) is 9.81 Å². The fourth-order valence-corrected chi connectivity index (χ4v) is 5.51. The van der Waals surface area contributed by atoms with Gasteiger partial charge in [0.05, 0.1) is 25.0 Å². The molecule has 1 fully saturated rings. The Bertz CT molecular complexity index is 1330. The lowest BCUT2D eigenvalue weighted by Crippen LogP contribution is -2.60. The van der Waals surface area contributed by atoms with Crippen LogP contribution in [-0.4, -0.2) is 35.3 Å². The summed E-state index contributed by atoms with van der Waals surface area (Å²) in [6.45, 7) is 0. The number of rotatable bonds is 4. The van der Waals surface area contributed by atoms with Gasteiger partial charge in [0.25, 0.3) is 12.3 Å². The van der Waals surface area contributed by atoms with Crippen LogP contribution in [0.2, 0.25) is 5.02 Å². The maximum absolute atomic E-state index is 13.4. The Balaban J connectivity index is 1.51. The van der Waals surface area contributed by atoms with Crippen LogP contribution in [0.25, 0.3) is 15.7 Å². The van der Waals surface area contributed by atoms with Crippen molar-refractivity contribution in [3.8, 4) is 5.75 Å². The number of fused-ring (bicyclic) bond motifs is 2. The number of hydrogen-bond acceptors (Lipinski definition) is 5. The highest BCUT2D eigenvalue weighted by molar-refractivity contribution is 8.09. The van der Waals surface area contributed by atoms with Gasteiger partial charge in [0.1, 0.15) is 11.0 Å². The van der Waals surface area contributed by atoms with Crippen LogP contribution in [0, 0.1) is 0 Å². The number of pyridine rings is 1. The fourth-order valence-electron chi connectivity index (χ4n) is 3.94. The van der Waals surface area contributed by atoms with E-state index in [2.05, 4.69) is 10.3 Å². The molecule has 5 rings (SSSR count). The Hall–Kier alpha value is -3.17. The standard InChI is InChI=1S/C23H16ClF2N3O3S/c1-32-13-4-5-16(24)15(7-13)19-8-17-20(33-19)22(30)29(23(31)28-17)18-10-27-9-12-3-2-11(21(25)26)6-14(12)18/h2-10,17,20-21H,1H3,(H,28,31). The SMILES string of the molecule is COc1ccc(Cl)c(C2=CC3NC(=O)N(c4cncc5ccc(C(F)F)cc45)C(=O)C3S2)c1.